The summed E-state index contributed by atoms with van der Waals surface area (Å²) in [6.45, 7) is 2.77. The molecule has 2 aliphatic rings. The number of nitrogens with zero attached hydrogens (tertiary/aromatic N) is 3. The normalized spacial score (nSPS) is 17.9. The van der Waals surface area contributed by atoms with Gasteiger partial charge in [0.25, 0.3) is 5.78 Å². The van der Waals surface area contributed by atoms with Gasteiger partial charge in [0.2, 0.25) is 5.13 Å². The Morgan fingerprint density at radius 2 is 1.75 bits per heavy atom. The van der Waals surface area contributed by atoms with Crippen LogP contribution >= 0.6 is 23.1 Å². The summed E-state index contributed by atoms with van der Waals surface area (Å²) in [7, 11) is 0. The Hall–Kier alpha value is -4.22. The second-order valence-corrected chi connectivity index (χ2v) is 11.4. The fourth-order valence-corrected chi connectivity index (χ4v) is 6.35. The van der Waals surface area contributed by atoms with E-state index >= 15 is 0 Å². The molecule has 1 amide bonds. The number of benzene rings is 3. The van der Waals surface area contributed by atoms with E-state index in [1.807, 2.05) is 31.2 Å². The number of thioether (sulfide) groups is 1. The van der Waals surface area contributed by atoms with Gasteiger partial charge in [0.05, 0.1) is 11.6 Å². The van der Waals surface area contributed by atoms with Gasteiger partial charge in [-0.3, -0.25) is 14.5 Å². The van der Waals surface area contributed by atoms with Crippen LogP contribution in [-0.2, 0) is 15.3 Å². The minimum atomic E-state index is -1.04. The van der Waals surface area contributed by atoms with Gasteiger partial charge < -0.3 is 14.6 Å². The lowest BCUT2D eigenvalue weighted by atomic mass is 9.95. The van der Waals surface area contributed by atoms with Gasteiger partial charge in [-0.15, -0.1) is 10.2 Å². The average Bonchev–Trinajstić information content (AvgIpc) is 3.54. The van der Waals surface area contributed by atoms with Crippen LogP contribution < -0.4 is 14.4 Å². The van der Waals surface area contributed by atoms with Gasteiger partial charge in [-0.2, -0.15) is 0 Å². The number of hydrogen-bond donors (Lipinski definition) is 1. The minimum Gasteiger partial charge on any atom is -0.507 e. The predicted molar refractivity (Wildman–Crippen MR) is 149 cm³/mol. The van der Waals surface area contributed by atoms with Gasteiger partial charge >= 0.3 is 5.91 Å². The first-order valence-corrected chi connectivity index (χ1v) is 14.2. The van der Waals surface area contributed by atoms with Crippen molar-refractivity contribution in [1.82, 2.24) is 10.2 Å². The number of carbonyl (C=O) groups excluding carboxylic acids is 2. The molecule has 1 aromatic heterocycles. The van der Waals surface area contributed by atoms with Crippen LogP contribution in [0, 0.1) is 12.7 Å². The van der Waals surface area contributed by atoms with E-state index in [-0.39, 0.29) is 22.0 Å². The van der Waals surface area contributed by atoms with E-state index in [0.717, 1.165) is 5.56 Å². The zero-order chi connectivity index (χ0) is 27.8. The number of anilines is 1. The second kappa shape index (κ2) is 10.7. The number of aliphatic hydroxyl groups is 1. The van der Waals surface area contributed by atoms with Gasteiger partial charge in [0.15, 0.2) is 15.8 Å². The summed E-state index contributed by atoms with van der Waals surface area (Å²) in [5.41, 5.74) is 2.85. The molecule has 1 saturated heterocycles. The average molecular weight is 576 g/mol. The number of amides is 1. The van der Waals surface area contributed by atoms with Crippen molar-refractivity contribution in [1.29, 1.82) is 0 Å². The first-order chi connectivity index (χ1) is 19.4. The van der Waals surface area contributed by atoms with Gasteiger partial charge in [0, 0.05) is 11.3 Å². The standard InChI is InChI=1S/C29H22FN3O5S2/c1-16-2-4-17(5-3-16)15-39-29-32-31-28(40-29)33-24(18-6-9-20(30)10-7-18)23(26(35)27(33)36)25(34)19-8-11-21-22(14-19)38-13-12-37-21/h2-11,14,24,34H,12-13,15H2,1H3/b25-23+. The number of aromatic nitrogens is 2. The molecule has 0 radical (unpaired) electrons. The molecule has 0 spiro atoms. The van der Waals surface area contributed by atoms with Crippen molar-refractivity contribution in [3.05, 3.63) is 100 Å². The molecule has 40 heavy (non-hydrogen) atoms. The highest BCUT2D eigenvalue weighted by molar-refractivity contribution is 8.00. The number of fused-ring (bicyclic) bond motifs is 1. The number of rotatable bonds is 6. The van der Waals surface area contributed by atoms with Crippen molar-refractivity contribution in [2.24, 2.45) is 0 Å². The van der Waals surface area contributed by atoms with E-state index in [2.05, 4.69) is 10.2 Å². The summed E-state index contributed by atoms with van der Waals surface area (Å²) in [6, 6.07) is 17.3. The van der Waals surface area contributed by atoms with Crippen LogP contribution in [0.1, 0.15) is 28.3 Å². The number of carbonyl (C=O) groups is 2. The molecular weight excluding hydrogens is 553 g/mol. The molecule has 1 unspecified atom stereocenters. The largest absolute Gasteiger partial charge is 0.507 e. The number of aryl methyl sites for hydroxylation is 1. The Balaban J connectivity index is 1.38. The molecule has 2 aliphatic heterocycles. The minimum absolute atomic E-state index is 0.141. The summed E-state index contributed by atoms with van der Waals surface area (Å²) in [4.78, 5) is 28.0. The smallest absolute Gasteiger partial charge is 0.301 e. The van der Waals surface area contributed by atoms with Gasteiger partial charge in [-0.05, 0) is 48.4 Å². The molecule has 1 atom stereocenters. The molecule has 0 bridgehead atoms. The molecule has 6 rings (SSSR count). The fraction of sp³-hybridized carbons (Fsp3) is 0.172. The van der Waals surface area contributed by atoms with E-state index < -0.39 is 23.5 Å². The van der Waals surface area contributed by atoms with Crippen LogP contribution in [0.5, 0.6) is 11.5 Å². The third-order valence-electron chi connectivity index (χ3n) is 6.53. The van der Waals surface area contributed by atoms with Crippen molar-refractivity contribution >= 4 is 45.7 Å². The molecule has 11 heteroatoms. The molecule has 4 aromatic rings. The molecule has 8 nitrogen and oxygen atoms in total. The molecule has 0 saturated carbocycles. The monoisotopic (exact) mass is 575 g/mol. The Morgan fingerprint density at radius 1 is 1.02 bits per heavy atom. The lowest BCUT2D eigenvalue weighted by molar-refractivity contribution is -0.132. The Bertz CT molecular complexity index is 1640. The number of ether oxygens (including phenoxy) is 2. The molecular formula is C29H22FN3O5S2. The van der Waals surface area contributed by atoms with Gasteiger partial charge in [-0.25, -0.2) is 4.39 Å². The number of Topliss-reactive ketones (excluding diaryl/α,β-unsaturated/α-hetero) is 1. The molecule has 1 fully saturated rings. The van der Waals surface area contributed by atoms with Crippen LogP contribution in [0.25, 0.3) is 5.76 Å². The van der Waals surface area contributed by atoms with Crippen molar-refractivity contribution in [2.45, 2.75) is 23.1 Å². The summed E-state index contributed by atoms with van der Waals surface area (Å²) in [5.74, 6) is -1.02. The quantitative estimate of drug-likeness (QED) is 0.103. The zero-order valence-corrected chi connectivity index (χ0v) is 22.8. The molecule has 1 N–H and O–H groups in total. The highest BCUT2D eigenvalue weighted by Crippen LogP contribution is 2.45. The topological polar surface area (TPSA) is 102 Å². The maximum Gasteiger partial charge on any atom is 0.301 e. The lowest BCUT2D eigenvalue weighted by Crippen LogP contribution is -2.29. The number of ketones is 1. The van der Waals surface area contributed by atoms with Crippen LogP contribution in [0.4, 0.5) is 9.52 Å². The summed E-state index contributed by atoms with van der Waals surface area (Å²) >= 11 is 2.63. The summed E-state index contributed by atoms with van der Waals surface area (Å²) in [5, 5.41) is 20.0. The number of hydrogen-bond acceptors (Lipinski definition) is 9. The Morgan fingerprint density at radius 3 is 2.50 bits per heavy atom. The molecule has 202 valence electrons. The van der Waals surface area contributed by atoms with E-state index in [4.69, 9.17) is 9.47 Å². The lowest BCUT2D eigenvalue weighted by Gasteiger charge is -2.23. The van der Waals surface area contributed by atoms with Crippen LogP contribution in [0.2, 0.25) is 0 Å². The van der Waals surface area contributed by atoms with E-state index in [0.29, 0.717) is 40.4 Å². The van der Waals surface area contributed by atoms with Crippen LogP contribution in [0.15, 0.2) is 76.6 Å². The van der Waals surface area contributed by atoms with Crippen molar-refractivity contribution < 1.29 is 28.6 Å². The maximum atomic E-state index is 13.8. The van der Waals surface area contributed by atoms with Crippen LogP contribution in [0.3, 0.4) is 0 Å². The SMILES string of the molecule is Cc1ccc(CSc2nnc(N3C(=O)C(=O)/C(=C(/O)c4ccc5c(c4)OCCO5)C3c3ccc(F)cc3)s2)cc1. The highest BCUT2D eigenvalue weighted by Gasteiger charge is 2.48. The number of aliphatic hydroxyl groups excluding tert-OH is 1. The van der Waals surface area contributed by atoms with Crippen molar-refractivity contribution in [3.63, 3.8) is 0 Å². The molecule has 3 heterocycles. The maximum absolute atomic E-state index is 13.8. The highest BCUT2D eigenvalue weighted by atomic mass is 32.2. The molecule has 0 aliphatic carbocycles. The van der Waals surface area contributed by atoms with Crippen molar-refractivity contribution in [3.8, 4) is 11.5 Å². The van der Waals surface area contributed by atoms with Crippen LogP contribution in [-0.4, -0.2) is 40.2 Å². The van der Waals surface area contributed by atoms with E-state index in [9.17, 15) is 19.1 Å². The molecule has 3 aromatic carbocycles. The first-order valence-electron chi connectivity index (χ1n) is 12.4. The van der Waals surface area contributed by atoms with E-state index in [1.165, 1.54) is 57.8 Å². The zero-order valence-electron chi connectivity index (χ0n) is 21.2. The summed E-state index contributed by atoms with van der Waals surface area (Å²) < 4.78 is 25.6. The summed E-state index contributed by atoms with van der Waals surface area (Å²) in [6.07, 6.45) is 0. The fourth-order valence-electron chi connectivity index (χ4n) is 4.52. The van der Waals surface area contributed by atoms with Gasteiger partial charge in [-0.1, -0.05) is 65.1 Å². The Labute approximate surface area is 237 Å². The third kappa shape index (κ3) is 4.93. The second-order valence-electron chi connectivity index (χ2n) is 9.20. The van der Waals surface area contributed by atoms with E-state index in [1.54, 1.807) is 18.2 Å². The first kappa shape index (κ1) is 26.0. The van der Waals surface area contributed by atoms with Gasteiger partial charge in [0.1, 0.15) is 24.8 Å². The van der Waals surface area contributed by atoms with Crippen molar-refractivity contribution in [2.75, 3.05) is 18.1 Å². The number of halogens is 1. The Kier molecular flexibility index (Phi) is 6.99. The predicted octanol–water partition coefficient (Wildman–Crippen LogP) is 5.68. The third-order valence-corrected chi connectivity index (χ3v) is 8.66.